The van der Waals surface area contributed by atoms with Gasteiger partial charge in [-0.05, 0) is 12.1 Å². The van der Waals surface area contributed by atoms with Gasteiger partial charge in [-0.2, -0.15) is 5.26 Å². The minimum Gasteiger partial charge on any atom is -0.302 e. The van der Waals surface area contributed by atoms with Crippen molar-refractivity contribution < 1.29 is 9.59 Å². The number of nitriles is 1. The summed E-state index contributed by atoms with van der Waals surface area (Å²) >= 11 is 0. The molecule has 1 amide bonds. The first kappa shape index (κ1) is 11.0. The summed E-state index contributed by atoms with van der Waals surface area (Å²) in [6, 6.07) is 7.07. The number of Topliss-reactive ketones (excluding diaryl/α,β-unsaturated/α-hetero) is 1. The molecule has 1 aromatic rings. The Kier molecular flexibility index (Phi) is 2.97. The summed E-state index contributed by atoms with van der Waals surface area (Å²) in [5, 5.41) is 8.73. The van der Waals surface area contributed by atoms with E-state index in [9.17, 15) is 9.59 Å². The zero-order valence-electron chi connectivity index (χ0n) is 8.96. The molecule has 0 unspecified atom stereocenters. The van der Waals surface area contributed by atoms with Crippen LogP contribution in [0.1, 0.15) is 12.1 Å². The Bertz CT molecular complexity index is 528. The van der Waals surface area contributed by atoms with Gasteiger partial charge in [-0.25, -0.2) is 0 Å². The predicted octanol–water partition coefficient (Wildman–Crippen LogP) is 0.747. The van der Waals surface area contributed by atoms with Gasteiger partial charge in [0, 0.05) is 12.3 Å². The fourth-order valence-corrected chi connectivity index (χ4v) is 1.67. The van der Waals surface area contributed by atoms with Gasteiger partial charge in [-0.15, -0.1) is 0 Å². The van der Waals surface area contributed by atoms with Gasteiger partial charge in [-0.1, -0.05) is 6.07 Å². The molecule has 1 fully saturated rings. The van der Waals surface area contributed by atoms with Crippen LogP contribution in [-0.2, 0) is 9.59 Å². The van der Waals surface area contributed by atoms with Crippen molar-refractivity contribution in [3.8, 4) is 6.07 Å². The summed E-state index contributed by atoms with van der Waals surface area (Å²) in [6.45, 7) is 0.0168. The van der Waals surface area contributed by atoms with Crippen molar-refractivity contribution in [1.82, 2.24) is 9.88 Å². The summed E-state index contributed by atoms with van der Waals surface area (Å²) in [6.07, 6.45) is 2.71. The molecule has 2 rings (SSSR count). The summed E-state index contributed by atoms with van der Waals surface area (Å²) in [7, 11) is 0. The van der Waals surface area contributed by atoms with Crippen molar-refractivity contribution in [3.05, 3.63) is 36.2 Å². The van der Waals surface area contributed by atoms with Crippen LogP contribution < -0.4 is 0 Å². The van der Waals surface area contributed by atoms with Crippen molar-refractivity contribution in [3.63, 3.8) is 0 Å². The lowest BCUT2D eigenvalue weighted by atomic mass is 10.2. The molecular formula is C12H9N3O2. The molecule has 0 atom stereocenters. The molecule has 0 radical (unpaired) electrons. The number of nitrogens with zero attached hydrogens (tertiary/aromatic N) is 3. The van der Waals surface area contributed by atoms with Crippen LogP contribution in [0.4, 0.5) is 0 Å². The maximum absolute atomic E-state index is 11.6. The molecule has 0 aliphatic carbocycles. The van der Waals surface area contributed by atoms with Gasteiger partial charge in [0.15, 0.2) is 5.78 Å². The predicted molar refractivity (Wildman–Crippen MR) is 59.2 cm³/mol. The van der Waals surface area contributed by atoms with Crippen LogP contribution in [0.5, 0.6) is 0 Å². The fourth-order valence-electron chi connectivity index (χ4n) is 1.67. The van der Waals surface area contributed by atoms with Crippen LogP contribution in [0.15, 0.2) is 30.5 Å². The second kappa shape index (κ2) is 4.58. The van der Waals surface area contributed by atoms with Crippen LogP contribution in [0.2, 0.25) is 0 Å². The van der Waals surface area contributed by atoms with Crippen molar-refractivity contribution in [2.75, 3.05) is 6.54 Å². The molecule has 1 aliphatic heterocycles. The maximum atomic E-state index is 11.6. The first-order valence-electron chi connectivity index (χ1n) is 5.05. The first-order valence-corrected chi connectivity index (χ1v) is 5.05. The van der Waals surface area contributed by atoms with Crippen molar-refractivity contribution >= 4 is 17.4 Å². The average Bonchev–Trinajstić information content (AvgIpc) is 2.66. The molecule has 0 N–H and O–H groups in total. The van der Waals surface area contributed by atoms with Gasteiger partial charge in [-0.3, -0.25) is 14.6 Å². The molecule has 0 spiro atoms. The Labute approximate surface area is 98.0 Å². The zero-order valence-corrected chi connectivity index (χ0v) is 8.96. The van der Waals surface area contributed by atoms with Crippen LogP contribution in [0.25, 0.3) is 5.70 Å². The fraction of sp³-hybridized carbons (Fsp3) is 0.167. The number of hydrogen-bond acceptors (Lipinski definition) is 4. The lowest BCUT2D eigenvalue weighted by Gasteiger charge is -2.17. The highest BCUT2D eigenvalue weighted by Crippen LogP contribution is 2.21. The second-order valence-corrected chi connectivity index (χ2v) is 3.57. The van der Waals surface area contributed by atoms with Crippen LogP contribution >= 0.6 is 0 Å². The molecule has 17 heavy (non-hydrogen) atoms. The van der Waals surface area contributed by atoms with Crippen molar-refractivity contribution in [2.45, 2.75) is 6.42 Å². The Morgan fingerprint density at radius 1 is 1.47 bits per heavy atom. The lowest BCUT2D eigenvalue weighted by Crippen LogP contribution is -2.24. The molecule has 0 aromatic carbocycles. The zero-order chi connectivity index (χ0) is 12.3. The Morgan fingerprint density at radius 3 is 2.82 bits per heavy atom. The topological polar surface area (TPSA) is 74.1 Å². The highest BCUT2D eigenvalue weighted by molar-refractivity contribution is 6.08. The van der Waals surface area contributed by atoms with Crippen molar-refractivity contribution in [1.29, 1.82) is 5.26 Å². The summed E-state index contributed by atoms with van der Waals surface area (Å²) in [5.74, 6) is -0.433. The molecule has 0 bridgehead atoms. The molecule has 84 valence electrons. The minimum absolute atomic E-state index is 0.0168. The molecule has 5 nitrogen and oxygen atoms in total. The smallest absolute Gasteiger partial charge is 0.235 e. The third kappa shape index (κ3) is 2.21. The average molecular weight is 227 g/mol. The van der Waals surface area contributed by atoms with Crippen LogP contribution in [0.3, 0.4) is 0 Å². The van der Waals surface area contributed by atoms with Crippen LogP contribution in [0, 0.1) is 11.3 Å². The highest BCUT2D eigenvalue weighted by atomic mass is 16.2. The van der Waals surface area contributed by atoms with E-state index in [1.54, 1.807) is 24.4 Å². The van der Waals surface area contributed by atoms with E-state index in [2.05, 4.69) is 4.98 Å². The van der Waals surface area contributed by atoms with Gasteiger partial charge >= 0.3 is 0 Å². The third-order valence-electron chi connectivity index (χ3n) is 2.40. The number of aromatic nitrogens is 1. The quantitative estimate of drug-likeness (QED) is 0.552. The minimum atomic E-state index is -0.290. The second-order valence-electron chi connectivity index (χ2n) is 3.57. The molecule has 0 saturated carbocycles. The van der Waals surface area contributed by atoms with Crippen molar-refractivity contribution in [2.24, 2.45) is 0 Å². The summed E-state index contributed by atoms with van der Waals surface area (Å²) in [5.41, 5.74) is 0.890. The monoisotopic (exact) mass is 227 g/mol. The number of amides is 1. The Hall–Kier alpha value is -2.48. The van der Waals surface area contributed by atoms with Gasteiger partial charge < -0.3 is 4.90 Å². The standard InChI is InChI=1S/C12H9N3O2/c13-5-4-11(10-3-1-2-6-14-10)15-8-9(16)7-12(15)17/h1-4,6H,7-8H2. The number of likely N-dealkylation sites (tertiary alicyclic amines) is 1. The van der Waals surface area contributed by atoms with E-state index in [1.807, 2.05) is 6.07 Å². The highest BCUT2D eigenvalue weighted by Gasteiger charge is 2.30. The molecule has 1 saturated heterocycles. The van der Waals surface area contributed by atoms with E-state index in [1.165, 1.54) is 11.0 Å². The Morgan fingerprint density at radius 2 is 2.29 bits per heavy atom. The molecular weight excluding hydrogens is 218 g/mol. The van der Waals surface area contributed by atoms with Gasteiger partial charge in [0.1, 0.15) is 0 Å². The van der Waals surface area contributed by atoms with E-state index in [4.69, 9.17) is 5.26 Å². The summed E-state index contributed by atoms with van der Waals surface area (Å²) in [4.78, 5) is 28.2. The molecule has 1 aromatic heterocycles. The number of rotatable bonds is 2. The molecule has 1 aliphatic rings. The summed E-state index contributed by atoms with van der Waals surface area (Å²) < 4.78 is 0. The van der Waals surface area contributed by atoms with Gasteiger partial charge in [0.2, 0.25) is 5.91 Å². The maximum Gasteiger partial charge on any atom is 0.235 e. The first-order chi connectivity index (χ1) is 8.22. The SMILES string of the molecule is N#CC=C(c1ccccn1)N1CC(=O)CC1=O. The van der Waals surface area contributed by atoms with E-state index in [-0.39, 0.29) is 24.7 Å². The Balaban J connectivity index is 2.39. The molecule has 5 heteroatoms. The van der Waals surface area contributed by atoms with E-state index < -0.39 is 0 Å². The van der Waals surface area contributed by atoms with E-state index in [0.29, 0.717) is 11.4 Å². The lowest BCUT2D eigenvalue weighted by molar-refractivity contribution is -0.125. The number of hydrogen-bond donors (Lipinski definition) is 0. The number of pyridine rings is 1. The number of ketones is 1. The number of carbonyl (C=O) groups excluding carboxylic acids is 2. The van der Waals surface area contributed by atoms with Gasteiger partial charge in [0.05, 0.1) is 30.4 Å². The van der Waals surface area contributed by atoms with Gasteiger partial charge in [0.25, 0.3) is 0 Å². The third-order valence-corrected chi connectivity index (χ3v) is 2.40. The normalized spacial score (nSPS) is 16.2. The number of carbonyl (C=O) groups is 2. The van der Waals surface area contributed by atoms with Crippen LogP contribution in [-0.4, -0.2) is 28.1 Å². The molecule has 2 heterocycles. The van der Waals surface area contributed by atoms with E-state index >= 15 is 0 Å². The van der Waals surface area contributed by atoms with E-state index in [0.717, 1.165) is 0 Å². The number of allylic oxidation sites excluding steroid dienone is 1. The largest absolute Gasteiger partial charge is 0.302 e.